The van der Waals surface area contributed by atoms with Gasteiger partial charge in [0.05, 0.1) is 11.0 Å². The van der Waals surface area contributed by atoms with Crippen molar-refractivity contribution in [3.05, 3.63) is 257 Å². The molecule has 0 aliphatic carbocycles. The van der Waals surface area contributed by atoms with E-state index >= 15 is 0 Å². The summed E-state index contributed by atoms with van der Waals surface area (Å²) in [5, 5.41) is 2.37. The fourth-order valence-electron chi connectivity index (χ4n) is 9.73. The molecule has 330 valence electrons. The second kappa shape index (κ2) is 17.3. The summed E-state index contributed by atoms with van der Waals surface area (Å²) in [6.45, 7) is 18.0. The number of benzene rings is 9. The molecule has 1 aromatic heterocycles. The van der Waals surface area contributed by atoms with E-state index in [0.29, 0.717) is 0 Å². The Kier molecular flexibility index (Phi) is 11.2. The largest absolute Gasteiger partial charge is 0.310 e. The summed E-state index contributed by atoms with van der Waals surface area (Å²) in [5.74, 6) is 0. The molecular formula is C64H59N3. The summed E-state index contributed by atoms with van der Waals surface area (Å²) in [6.07, 6.45) is 0. The summed E-state index contributed by atoms with van der Waals surface area (Å²) in [4.78, 5) is 4.78. The standard InChI is InChI=1S/C64H59N3/c1-44-19-27-52(28-20-44)65(53-29-21-45(2)22-30-53)56-35-37-61-59(42-56)60-43-57(66(54-31-23-46(3)24-32-54)55-33-25-47(4)26-34-55)36-38-62(60)67(61)58-40-50(63(5,6)48-15-11-9-12-16-48)39-51(41-58)64(7,8)49-17-13-10-14-18-49/h9-43H,1-8H3. The van der Waals surface area contributed by atoms with E-state index in [9.17, 15) is 0 Å². The van der Waals surface area contributed by atoms with Gasteiger partial charge in [-0.15, -0.1) is 0 Å². The molecule has 9 aromatic carbocycles. The molecule has 0 fully saturated rings. The van der Waals surface area contributed by atoms with E-state index in [-0.39, 0.29) is 10.8 Å². The topological polar surface area (TPSA) is 11.4 Å². The van der Waals surface area contributed by atoms with Crippen LogP contribution in [-0.4, -0.2) is 4.57 Å². The number of anilines is 6. The summed E-state index contributed by atoms with van der Waals surface area (Å²) in [7, 11) is 0. The van der Waals surface area contributed by atoms with Crippen LogP contribution in [0, 0.1) is 27.7 Å². The zero-order chi connectivity index (χ0) is 46.5. The number of hydrogen-bond acceptors (Lipinski definition) is 2. The van der Waals surface area contributed by atoms with Crippen molar-refractivity contribution in [1.82, 2.24) is 4.57 Å². The fourth-order valence-corrected chi connectivity index (χ4v) is 9.73. The zero-order valence-electron chi connectivity index (χ0n) is 40.0. The molecule has 0 aliphatic heterocycles. The molecule has 0 N–H and O–H groups in total. The van der Waals surface area contributed by atoms with Gasteiger partial charge in [0.15, 0.2) is 0 Å². The van der Waals surface area contributed by atoms with Gasteiger partial charge in [-0.25, -0.2) is 0 Å². The number of aromatic nitrogens is 1. The highest BCUT2D eigenvalue weighted by molar-refractivity contribution is 6.12. The number of rotatable bonds is 11. The average Bonchev–Trinajstić information content (AvgIpc) is 3.67. The highest BCUT2D eigenvalue weighted by atomic mass is 15.1. The van der Waals surface area contributed by atoms with Crippen molar-refractivity contribution in [1.29, 1.82) is 0 Å². The Morgan fingerprint density at radius 3 is 0.910 bits per heavy atom. The predicted molar refractivity (Wildman–Crippen MR) is 286 cm³/mol. The minimum atomic E-state index is -0.275. The molecule has 3 nitrogen and oxygen atoms in total. The lowest BCUT2D eigenvalue weighted by atomic mass is 9.73. The van der Waals surface area contributed by atoms with Gasteiger partial charge in [-0.2, -0.15) is 0 Å². The van der Waals surface area contributed by atoms with Crippen LogP contribution < -0.4 is 9.80 Å². The maximum absolute atomic E-state index is 2.51. The second-order valence-electron chi connectivity index (χ2n) is 19.5. The van der Waals surface area contributed by atoms with E-state index in [1.165, 1.54) is 55.3 Å². The molecule has 0 atom stereocenters. The highest BCUT2D eigenvalue weighted by Gasteiger charge is 2.30. The molecule has 10 aromatic rings. The van der Waals surface area contributed by atoms with Crippen molar-refractivity contribution in [3.8, 4) is 5.69 Å². The monoisotopic (exact) mass is 869 g/mol. The first-order valence-electron chi connectivity index (χ1n) is 23.6. The van der Waals surface area contributed by atoms with Crippen LogP contribution in [0.15, 0.2) is 212 Å². The maximum Gasteiger partial charge on any atom is 0.0542 e. The Morgan fingerprint density at radius 2 is 0.597 bits per heavy atom. The van der Waals surface area contributed by atoms with Gasteiger partial charge in [0.2, 0.25) is 0 Å². The highest BCUT2D eigenvalue weighted by Crippen LogP contribution is 2.45. The van der Waals surface area contributed by atoms with Gasteiger partial charge in [0.25, 0.3) is 0 Å². The Morgan fingerprint density at radius 1 is 0.299 bits per heavy atom. The first kappa shape index (κ1) is 43.3. The third-order valence-corrected chi connectivity index (χ3v) is 14.0. The van der Waals surface area contributed by atoms with Crippen molar-refractivity contribution in [2.45, 2.75) is 66.2 Å². The van der Waals surface area contributed by atoms with Crippen molar-refractivity contribution < 1.29 is 0 Å². The molecule has 0 bridgehead atoms. The van der Waals surface area contributed by atoms with Gasteiger partial charge < -0.3 is 14.4 Å². The Labute approximate surface area is 397 Å². The van der Waals surface area contributed by atoms with E-state index in [2.05, 4.69) is 282 Å². The predicted octanol–water partition coefficient (Wildman–Crippen LogP) is 17.6. The molecule has 0 amide bonds. The van der Waals surface area contributed by atoms with Crippen LogP contribution in [0.3, 0.4) is 0 Å². The number of fused-ring (bicyclic) bond motifs is 3. The van der Waals surface area contributed by atoms with Gasteiger partial charge in [0.1, 0.15) is 0 Å². The molecular weight excluding hydrogens is 811 g/mol. The van der Waals surface area contributed by atoms with Gasteiger partial charge >= 0.3 is 0 Å². The summed E-state index contributed by atoms with van der Waals surface area (Å²) >= 11 is 0. The summed E-state index contributed by atoms with van der Waals surface area (Å²) in [5.41, 5.74) is 19.6. The average molecular weight is 870 g/mol. The minimum Gasteiger partial charge on any atom is -0.310 e. The first-order chi connectivity index (χ1) is 32.3. The van der Waals surface area contributed by atoms with Crippen LogP contribution in [-0.2, 0) is 10.8 Å². The van der Waals surface area contributed by atoms with Crippen LogP contribution in [0.4, 0.5) is 34.1 Å². The molecule has 0 aliphatic rings. The number of aryl methyl sites for hydroxylation is 4. The quantitative estimate of drug-likeness (QED) is 0.128. The van der Waals surface area contributed by atoms with Crippen molar-refractivity contribution in [3.63, 3.8) is 0 Å². The van der Waals surface area contributed by atoms with E-state index in [1.54, 1.807) is 0 Å². The Balaban J connectivity index is 1.27. The lowest BCUT2D eigenvalue weighted by molar-refractivity contribution is 0.616. The lowest BCUT2D eigenvalue weighted by Crippen LogP contribution is -2.23. The zero-order valence-corrected chi connectivity index (χ0v) is 40.0. The van der Waals surface area contributed by atoms with Gasteiger partial charge in [-0.3, -0.25) is 0 Å². The van der Waals surface area contributed by atoms with Crippen molar-refractivity contribution in [2.75, 3.05) is 9.80 Å². The molecule has 3 heteroatoms. The molecule has 10 rings (SSSR count). The van der Waals surface area contributed by atoms with Crippen LogP contribution in [0.1, 0.15) is 72.2 Å². The molecule has 1 heterocycles. The molecule has 67 heavy (non-hydrogen) atoms. The van der Waals surface area contributed by atoms with Crippen LogP contribution >= 0.6 is 0 Å². The minimum absolute atomic E-state index is 0.275. The summed E-state index contributed by atoms with van der Waals surface area (Å²) < 4.78 is 2.51. The molecule has 0 saturated heterocycles. The summed E-state index contributed by atoms with van der Waals surface area (Å²) in [6, 6.07) is 78.8. The molecule has 0 radical (unpaired) electrons. The van der Waals surface area contributed by atoms with Gasteiger partial charge in [-0.1, -0.05) is 165 Å². The van der Waals surface area contributed by atoms with E-state index in [0.717, 1.165) is 50.8 Å². The Bertz CT molecular complexity index is 3030. The van der Waals surface area contributed by atoms with Crippen molar-refractivity contribution >= 4 is 55.9 Å². The van der Waals surface area contributed by atoms with E-state index < -0.39 is 0 Å². The maximum atomic E-state index is 2.51. The second-order valence-corrected chi connectivity index (χ2v) is 19.5. The van der Waals surface area contributed by atoms with Gasteiger partial charge in [0, 0.05) is 61.4 Å². The molecule has 0 unspecified atom stereocenters. The SMILES string of the molecule is Cc1ccc(N(c2ccc(C)cc2)c2ccc3c(c2)c2cc(N(c4ccc(C)cc4)c4ccc(C)cc4)ccc2n3-c2cc(C(C)(C)c3ccccc3)cc(C(C)(C)c3ccccc3)c2)cc1. The molecule has 0 spiro atoms. The third kappa shape index (κ3) is 8.21. The van der Waals surface area contributed by atoms with E-state index in [1.807, 2.05) is 0 Å². The Hall–Kier alpha value is -7.62. The third-order valence-electron chi connectivity index (χ3n) is 14.0. The van der Waals surface area contributed by atoms with Crippen LogP contribution in [0.5, 0.6) is 0 Å². The number of nitrogens with zero attached hydrogens (tertiary/aromatic N) is 3. The van der Waals surface area contributed by atoms with E-state index in [4.69, 9.17) is 0 Å². The normalized spacial score (nSPS) is 11.9. The van der Waals surface area contributed by atoms with Crippen LogP contribution in [0.25, 0.3) is 27.5 Å². The van der Waals surface area contributed by atoms with Crippen molar-refractivity contribution in [2.24, 2.45) is 0 Å². The lowest BCUT2D eigenvalue weighted by Gasteiger charge is -2.32. The molecule has 0 saturated carbocycles. The first-order valence-corrected chi connectivity index (χ1v) is 23.6. The number of hydrogen-bond donors (Lipinski definition) is 0. The van der Waals surface area contributed by atoms with Crippen LogP contribution in [0.2, 0.25) is 0 Å². The fraction of sp³-hybridized carbons (Fsp3) is 0.156. The smallest absolute Gasteiger partial charge is 0.0542 e. The van der Waals surface area contributed by atoms with Gasteiger partial charge in [-0.05, 0) is 147 Å².